The normalized spacial score (nSPS) is 13.9. The molecule has 21 heavy (non-hydrogen) atoms. The van der Waals surface area contributed by atoms with Crippen LogP contribution in [0.5, 0.6) is 0 Å². The minimum absolute atomic E-state index is 0.123. The number of carboxylic acids is 1. The molecular weight excluding hydrogens is 292 g/mol. The Morgan fingerprint density at radius 1 is 1.24 bits per heavy atom. The van der Waals surface area contributed by atoms with E-state index in [0.29, 0.717) is 11.0 Å². The molecule has 0 bridgehead atoms. The highest BCUT2D eigenvalue weighted by Gasteiger charge is 2.24. The Morgan fingerprint density at radius 3 is 2.19 bits per heavy atom. The second-order valence-corrected chi connectivity index (χ2v) is 7.89. The molecule has 1 atom stereocenters. The number of nitrogens with one attached hydrogen (secondary N) is 1. The number of benzene rings is 1. The van der Waals surface area contributed by atoms with Crippen molar-refractivity contribution in [1.82, 2.24) is 4.72 Å². The molecule has 0 aliphatic rings. The number of quaternary nitrogens is 1. The Bertz CT molecular complexity index is 588. The van der Waals surface area contributed by atoms with Crippen LogP contribution in [0.25, 0.3) is 0 Å². The van der Waals surface area contributed by atoms with Crippen molar-refractivity contribution in [2.24, 2.45) is 0 Å². The smallest absolute Gasteiger partial charge is 0.241 e. The number of carbonyl (C=O) groups excluding carboxylic acids is 1. The van der Waals surface area contributed by atoms with Crippen molar-refractivity contribution in [1.29, 1.82) is 0 Å². The van der Waals surface area contributed by atoms with E-state index in [-0.39, 0.29) is 11.3 Å². The first-order chi connectivity index (χ1) is 9.49. The minimum atomic E-state index is -3.75. The lowest BCUT2D eigenvalue weighted by Gasteiger charge is -2.29. The van der Waals surface area contributed by atoms with Gasteiger partial charge in [0.25, 0.3) is 0 Å². The SMILES string of the molecule is Cc1ccc(S(=O)(=O)N[C@H](CC(=O)[O-])C[N+](C)(C)C)cc1. The maximum absolute atomic E-state index is 12.3. The number of aryl methyl sites for hydroxylation is 1. The third kappa shape index (κ3) is 6.24. The molecule has 1 N–H and O–H groups in total. The van der Waals surface area contributed by atoms with Crippen LogP contribution in [0.15, 0.2) is 29.2 Å². The summed E-state index contributed by atoms with van der Waals surface area (Å²) >= 11 is 0. The molecule has 0 radical (unpaired) electrons. The first kappa shape index (κ1) is 17.6. The summed E-state index contributed by atoms with van der Waals surface area (Å²) in [5, 5.41) is 10.8. The van der Waals surface area contributed by atoms with Crippen molar-refractivity contribution in [2.75, 3.05) is 27.7 Å². The van der Waals surface area contributed by atoms with Gasteiger partial charge < -0.3 is 14.4 Å². The van der Waals surface area contributed by atoms with E-state index in [1.165, 1.54) is 12.1 Å². The molecule has 0 fully saturated rings. The molecule has 7 heteroatoms. The summed E-state index contributed by atoms with van der Waals surface area (Å²) in [6.07, 6.45) is -0.361. The van der Waals surface area contributed by atoms with Gasteiger partial charge in [0, 0.05) is 12.4 Å². The molecule has 0 aromatic heterocycles. The number of rotatable bonds is 7. The number of carbonyl (C=O) groups is 1. The molecule has 0 unspecified atom stereocenters. The molecule has 0 amide bonds. The van der Waals surface area contributed by atoms with Gasteiger partial charge in [-0.2, -0.15) is 0 Å². The Hall–Kier alpha value is -1.44. The molecule has 118 valence electrons. The van der Waals surface area contributed by atoms with Gasteiger partial charge >= 0.3 is 0 Å². The lowest BCUT2D eigenvalue weighted by atomic mass is 10.2. The summed E-state index contributed by atoms with van der Waals surface area (Å²) in [5.74, 6) is -1.28. The first-order valence-electron chi connectivity index (χ1n) is 6.59. The fraction of sp³-hybridized carbons (Fsp3) is 0.500. The average Bonchev–Trinajstić information content (AvgIpc) is 2.25. The van der Waals surface area contributed by atoms with E-state index >= 15 is 0 Å². The van der Waals surface area contributed by atoms with E-state index in [9.17, 15) is 18.3 Å². The second-order valence-electron chi connectivity index (χ2n) is 6.18. The van der Waals surface area contributed by atoms with Gasteiger partial charge in [0.2, 0.25) is 10.0 Å². The summed E-state index contributed by atoms with van der Waals surface area (Å²) in [7, 11) is 1.85. The highest BCUT2D eigenvalue weighted by atomic mass is 32.2. The first-order valence-corrected chi connectivity index (χ1v) is 8.07. The molecule has 1 aromatic carbocycles. The molecule has 1 aromatic rings. The van der Waals surface area contributed by atoms with Gasteiger partial charge in [-0.25, -0.2) is 13.1 Å². The molecular formula is C14H22N2O4S. The highest BCUT2D eigenvalue weighted by Crippen LogP contribution is 2.12. The fourth-order valence-electron chi connectivity index (χ4n) is 2.01. The van der Waals surface area contributed by atoms with Crippen LogP contribution in [0, 0.1) is 6.92 Å². The Balaban J connectivity index is 2.95. The quantitative estimate of drug-likeness (QED) is 0.687. The zero-order chi connectivity index (χ0) is 16.3. The third-order valence-corrected chi connectivity index (χ3v) is 4.37. The van der Waals surface area contributed by atoms with E-state index < -0.39 is 22.0 Å². The van der Waals surface area contributed by atoms with Crippen LogP contribution in [-0.2, 0) is 14.8 Å². The van der Waals surface area contributed by atoms with Crippen LogP contribution in [-0.4, -0.2) is 52.6 Å². The number of carboxylic acid groups (broad SMARTS) is 1. The highest BCUT2D eigenvalue weighted by molar-refractivity contribution is 7.89. The molecule has 0 saturated heterocycles. The fourth-order valence-corrected chi connectivity index (χ4v) is 3.24. The van der Waals surface area contributed by atoms with Crippen LogP contribution in [0.2, 0.25) is 0 Å². The number of nitrogens with zero attached hydrogens (tertiary/aromatic N) is 1. The van der Waals surface area contributed by atoms with Gasteiger partial charge in [0.05, 0.1) is 38.6 Å². The predicted molar refractivity (Wildman–Crippen MR) is 77.8 cm³/mol. The summed E-state index contributed by atoms with van der Waals surface area (Å²) < 4.78 is 27.5. The van der Waals surface area contributed by atoms with Gasteiger partial charge in [-0.1, -0.05) is 17.7 Å². The Labute approximate surface area is 126 Å². The van der Waals surface area contributed by atoms with Gasteiger partial charge in [-0.05, 0) is 19.1 Å². The van der Waals surface area contributed by atoms with Crippen LogP contribution in [0.4, 0.5) is 0 Å². The average molecular weight is 314 g/mol. The number of likely N-dealkylation sites (N-methyl/N-ethyl adjacent to an activating group) is 1. The molecule has 0 aliphatic heterocycles. The number of hydrogen-bond acceptors (Lipinski definition) is 4. The van der Waals surface area contributed by atoms with Crippen molar-refractivity contribution in [3.63, 3.8) is 0 Å². The van der Waals surface area contributed by atoms with Crippen molar-refractivity contribution < 1.29 is 22.8 Å². The van der Waals surface area contributed by atoms with Crippen LogP contribution in [0.3, 0.4) is 0 Å². The zero-order valence-electron chi connectivity index (χ0n) is 12.8. The maximum Gasteiger partial charge on any atom is 0.241 e. The van der Waals surface area contributed by atoms with Gasteiger partial charge in [-0.3, -0.25) is 0 Å². The standard InChI is InChI=1S/C14H22N2O4S/c1-11-5-7-13(8-6-11)21(19,20)15-12(9-14(17)18)10-16(2,3)4/h5-8,12,15H,9-10H2,1-4H3/t12-/m1/s1. The number of hydrogen-bond donors (Lipinski definition) is 1. The second kappa shape index (κ2) is 6.55. The van der Waals surface area contributed by atoms with E-state index in [2.05, 4.69) is 4.72 Å². The minimum Gasteiger partial charge on any atom is -0.550 e. The Morgan fingerprint density at radius 2 is 1.76 bits per heavy atom. The summed E-state index contributed by atoms with van der Waals surface area (Å²) in [6.45, 7) is 2.21. The van der Waals surface area contributed by atoms with Crippen molar-refractivity contribution in [3.05, 3.63) is 29.8 Å². The topological polar surface area (TPSA) is 86.3 Å². The third-order valence-electron chi connectivity index (χ3n) is 2.83. The van der Waals surface area contributed by atoms with E-state index in [1.54, 1.807) is 12.1 Å². The summed E-state index contributed by atoms with van der Waals surface area (Å²) in [6, 6.07) is 5.67. The lowest BCUT2D eigenvalue weighted by Crippen LogP contribution is -2.50. The van der Waals surface area contributed by atoms with Crippen LogP contribution in [0.1, 0.15) is 12.0 Å². The van der Waals surface area contributed by atoms with Gasteiger partial charge in [-0.15, -0.1) is 0 Å². The van der Waals surface area contributed by atoms with Gasteiger partial charge in [0.1, 0.15) is 0 Å². The van der Waals surface area contributed by atoms with Crippen LogP contribution < -0.4 is 9.83 Å². The van der Waals surface area contributed by atoms with Crippen molar-refractivity contribution in [3.8, 4) is 0 Å². The number of sulfonamides is 1. The van der Waals surface area contributed by atoms with E-state index in [1.807, 2.05) is 28.1 Å². The Kier molecular flexibility index (Phi) is 5.49. The van der Waals surface area contributed by atoms with Gasteiger partial charge in [0.15, 0.2) is 0 Å². The molecule has 0 heterocycles. The van der Waals surface area contributed by atoms with Crippen molar-refractivity contribution >= 4 is 16.0 Å². The molecule has 1 rings (SSSR count). The summed E-state index contributed by atoms with van der Waals surface area (Å²) in [4.78, 5) is 10.9. The van der Waals surface area contributed by atoms with Crippen LogP contribution >= 0.6 is 0 Å². The zero-order valence-corrected chi connectivity index (χ0v) is 13.6. The monoisotopic (exact) mass is 314 g/mol. The van der Waals surface area contributed by atoms with E-state index in [4.69, 9.17) is 0 Å². The lowest BCUT2D eigenvalue weighted by molar-refractivity contribution is -0.871. The molecule has 6 nitrogen and oxygen atoms in total. The molecule has 0 spiro atoms. The number of aliphatic carboxylic acids is 1. The predicted octanol–water partition coefficient (Wildman–Crippen LogP) is -0.512. The molecule has 0 aliphatic carbocycles. The molecule has 0 saturated carbocycles. The van der Waals surface area contributed by atoms with E-state index in [0.717, 1.165) is 5.56 Å². The van der Waals surface area contributed by atoms with Crippen molar-refractivity contribution in [2.45, 2.75) is 24.3 Å². The maximum atomic E-state index is 12.3. The summed E-state index contributed by atoms with van der Waals surface area (Å²) in [5.41, 5.74) is 0.951. The largest absolute Gasteiger partial charge is 0.550 e.